The Kier molecular flexibility index (Phi) is 5.51. The molecule has 0 unspecified atom stereocenters. The summed E-state index contributed by atoms with van der Waals surface area (Å²) in [7, 11) is 0. The van der Waals surface area contributed by atoms with Gasteiger partial charge in [0.15, 0.2) is 0 Å². The number of ether oxygens (including phenoxy) is 2. The number of piperidine rings is 1. The maximum atomic E-state index is 6.13. The van der Waals surface area contributed by atoms with E-state index in [1.165, 1.54) is 24.1 Å². The topological polar surface area (TPSA) is 51.0 Å². The Morgan fingerprint density at radius 1 is 1.12 bits per heavy atom. The molecule has 5 heteroatoms. The molecular weight excluding hydrogens is 302 g/mol. The molecule has 2 heterocycles. The molecule has 0 aromatic heterocycles. The summed E-state index contributed by atoms with van der Waals surface area (Å²) in [4.78, 5) is 5.09. The molecule has 0 radical (unpaired) electrons. The maximum absolute atomic E-state index is 6.13. The average Bonchev–Trinajstić information content (AvgIpc) is 2.58. The zero-order valence-electron chi connectivity index (χ0n) is 15.3. The molecule has 24 heavy (non-hydrogen) atoms. The third-order valence-electron chi connectivity index (χ3n) is 5.06. The Morgan fingerprint density at radius 3 is 2.42 bits per heavy atom. The smallest absolute Gasteiger partial charge is 0.144 e. The highest BCUT2D eigenvalue weighted by Gasteiger charge is 2.26. The second kappa shape index (κ2) is 7.62. The highest BCUT2D eigenvalue weighted by atomic mass is 16.5. The molecule has 1 aromatic rings. The van der Waals surface area contributed by atoms with Crippen molar-refractivity contribution < 1.29 is 9.47 Å². The molecule has 0 bridgehead atoms. The summed E-state index contributed by atoms with van der Waals surface area (Å²) in [6.45, 7) is 12.3. The van der Waals surface area contributed by atoms with E-state index in [1.807, 2.05) is 19.9 Å². The summed E-state index contributed by atoms with van der Waals surface area (Å²) < 4.78 is 11.3. The Morgan fingerprint density at radius 2 is 1.79 bits per heavy atom. The predicted molar refractivity (Wildman–Crippen MR) is 99.0 cm³/mol. The monoisotopic (exact) mass is 333 g/mol. The van der Waals surface area contributed by atoms with Crippen molar-refractivity contribution in [1.29, 1.82) is 0 Å². The van der Waals surface area contributed by atoms with Gasteiger partial charge in [0.05, 0.1) is 25.0 Å². The van der Waals surface area contributed by atoms with E-state index < -0.39 is 0 Å². The molecule has 1 aromatic carbocycles. The van der Waals surface area contributed by atoms with Crippen LogP contribution < -0.4 is 15.4 Å². The number of nitrogens with zero attached hydrogens (tertiary/aromatic N) is 2. The number of hydrogen-bond acceptors (Lipinski definition) is 5. The van der Waals surface area contributed by atoms with Gasteiger partial charge in [0.25, 0.3) is 0 Å². The number of hydrogen-bond donors (Lipinski definition) is 1. The number of anilines is 2. The molecule has 0 aliphatic carbocycles. The van der Waals surface area contributed by atoms with Crippen LogP contribution in [0.25, 0.3) is 0 Å². The van der Waals surface area contributed by atoms with Crippen LogP contribution >= 0.6 is 0 Å². The van der Waals surface area contributed by atoms with E-state index in [0.29, 0.717) is 6.04 Å². The molecule has 5 nitrogen and oxygen atoms in total. The summed E-state index contributed by atoms with van der Waals surface area (Å²) in [5, 5.41) is 0. The Bertz CT molecular complexity index is 548. The first-order valence-corrected chi connectivity index (χ1v) is 9.18. The van der Waals surface area contributed by atoms with E-state index in [9.17, 15) is 0 Å². The molecule has 0 amide bonds. The molecular formula is C19H31N3O2. The highest BCUT2D eigenvalue weighted by Crippen LogP contribution is 2.34. The van der Waals surface area contributed by atoms with Crippen molar-refractivity contribution in [3.8, 4) is 5.75 Å². The van der Waals surface area contributed by atoms with Crippen LogP contribution in [0.2, 0.25) is 0 Å². The van der Waals surface area contributed by atoms with Crippen LogP contribution in [0.4, 0.5) is 11.4 Å². The molecule has 3 rings (SSSR count). The van der Waals surface area contributed by atoms with Gasteiger partial charge in [-0.1, -0.05) is 0 Å². The van der Waals surface area contributed by atoms with Crippen molar-refractivity contribution in [3.05, 3.63) is 17.7 Å². The molecule has 134 valence electrons. The fraction of sp³-hybridized carbons (Fsp3) is 0.684. The molecule has 2 saturated heterocycles. The van der Waals surface area contributed by atoms with Gasteiger partial charge in [-0.15, -0.1) is 0 Å². The molecule has 0 saturated carbocycles. The number of aryl methyl sites for hydroxylation is 1. The third kappa shape index (κ3) is 3.95. The molecule has 2 fully saturated rings. The van der Waals surface area contributed by atoms with E-state index in [-0.39, 0.29) is 6.10 Å². The first-order chi connectivity index (χ1) is 11.5. The second-order valence-corrected chi connectivity index (χ2v) is 7.21. The fourth-order valence-corrected chi connectivity index (χ4v) is 3.81. The average molecular weight is 333 g/mol. The van der Waals surface area contributed by atoms with Gasteiger partial charge in [-0.2, -0.15) is 0 Å². The number of nitrogen functional groups attached to an aromatic ring is 1. The number of nitrogens with two attached hydrogens (primary N) is 1. The van der Waals surface area contributed by atoms with Crippen molar-refractivity contribution in [2.75, 3.05) is 50.0 Å². The van der Waals surface area contributed by atoms with Crippen LogP contribution in [-0.4, -0.2) is 56.4 Å². The van der Waals surface area contributed by atoms with Gasteiger partial charge in [0, 0.05) is 44.0 Å². The van der Waals surface area contributed by atoms with E-state index in [1.54, 1.807) is 0 Å². The summed E-state index contributed by atoms with van der Waals surface area (Å²) in [5.74, 6) is 0.806. The largest absolute Gasteiger partial charge is 0.489 e. The standard InChI is InChI=1S/C19H31N3O2/c1-14(2)24-19-13-18(15(3)12-17(19)20)22-6-4-16(5-7-22)21-8-10-23-11-9-21/h12-14,16H,4-11,20H2,1-3H3. The molecule has 2 N–H and O–H groups in total. The lowest BCUT2D eigenvalue weighted by molar-refractivity contribution is 0.0115. The zero-order chi connectivity index (χ0) is 17.1. The van der Waals surface area contributed by atoms with Gasteiger partial charge in [0.1, 0.15) is 5.75 Å². The second-order valence-electron chi connectivity index (χ2n) is 7.21. The fourth-order valence-electron chi connectivity index (χ4n) is 3.81. The van der Waals surface area contributed by atoms with Crippen molar-refractivity contribution >= 4 is 11.4 Å². The van der Waals surface area contributed by atoms with Crippen molar-refractivity contribution in [2.24, 2.45) is 0 Å². The quantitative estimate of drug-likeness (QED) is 0.859. The van der Waals surface area contributed by atoms with Gasteiger partial charge >= 0.3 is 0 Å². The summed E-state index contributed by atoms with van der Waals surface area (Å²) in [5.41, 5.74) is 9.35. The minimum atomic E-state index is 0.134. The summed E-state index contributed by atoms with van der Waals surface area (Å²) in [6, 6.07) is 4.87. The van der Waals surface area contributed by atoms with Crippen LogP contribution in [0.1, 0.15) is 32.3 Å². The minimum absolute atomic E-state index is 0.134. The van der Waals surface area contributed by atoms with Gasteiger partial charge in [-0.3, -0.25) is 4.90 Å². The lowest BCUT2D eigenvalue weighted by atomic mass is 10.0. The molecule has 2 aliphatic rings. The molecule has 0 atom stereocenters. The van der Waals surface area contributed by atoms with E-state index in [4.69, 9.17) is 15.2 Å². The van der Waals surface area contributed by atoms with Gasteiger partial charge in [0.2, 0.25) is 0 Å². The Hall–Kier alpha value is -1.46. The SMILES string of the molecule is Cc1cc(N)c(OC(C)C)cc1N1CCC(N2CCOCC2)CC1. The number of morpholine rings is 1. The first kappa shape index (κ1) is 17.4. The van der Waals surface area contributed by atoms with Crippen molar-refractivity contribution in [2.45, 2.75) is 45.8 Å². The van der Waals surface area contributed by atoms with Crippen molar-refractivity contribution in [3.63, 3.8) is 0 Å². The van der Waals surface area contributed by atoms with Gasteiger partial charge in [-0.05, 0) is 45.2 Å². The van der Waals surface area contributed by atoms with Crippen LogP contribution in [0.5, 0.6) is 5.75 Å². The zero-order valence-corrected chi connectivity index (χ0v) is 15.3. The van der Waals surface area contributed by atoms with E-state index >= 15 is 0 Å². The van der Waals surface area contributed by atoms with Gasteiger partial charge < -0.3 is 20.1 Å². The highest BCUT2D eigenvalue weighted by molar-refractivity contribution is 5.66. The van der Waals surface area contributed by atoms with E-state index in [0.717, 1.165) is 50.8 Å². The molecule has 0 spiro atoms. The van der Waals surface area contributed by atoms with Crippen LogP contribution in [-0.2, 0) is 4.74 Å². The number of rotatable bonds is 4. The van der Waals surface area contributed by atoms with Crippen molar-refractivity contribution in [1.82, 2.24) is 4.90 Å². The summed E-state index contributed by atoms with van der Waals surface area (Å²) >= 11 is 0. The maximum Gasteiger partial charge on any atom is 0.144 e. The normalized spacial score (nSPS) is 20.6. The molecule has 2 aliphatic heterocycles. The van der Waals surface area contributed by atoms with Crippen LogP contribution in [0.3, 0.4) is 0 Å². The predicted octanol–water partition coefficient (Wildman–Crippen LogP) is 2.67. The van der Waals surface area contributed by atoms with Gasteiger partial charge in [-0.25, -0.2) is 0 Å². The third-order valence-corrected chi connectivity index (χ3v) is 5.06. The minimum Gasteiger partial charge on any atom is -0.489 e. The van der Waals surface area contributed by atoms with Crippen LogP contribution in [0, 0.1) is 6.92 Å². The number of benzene rings is 1. The summed E-state index contributed by atoms with van der Waals surface area (Å²) in [6.07, 6.45) is 2.56. The van der Waals surface area contributed by atoms with E-state index in [2.05, 4.69) is 22.8 Å². The first-order valence-electron chi connectivity index (χ1n) is 9.18. The Balaban J connectivity index is 1.67. The Labute approximate surface area is 145 Å². The lowest BCUT2D eigenvalue weighted by Gasteiger charge is -2.41. The van der Waals surface area contributed by atoms with Crippen LogP contribution in [0.15, 0.2) is 12.1 Å². The lowest BCUT2D eigenvalue weighted by Crippen LogP contribution is -2.49.